The topological polar surface area (TPSA) is 51.8 Å². The minimum Gasteiger partial charge on any atom is -0.455 e. The van der Waals surface area contributed by atoms with E-state index in [0.29, 0.717) is 17.5 Å². The Kier molecular flexibility index (Phi) is 7.64. The van der Waals surface area contributed by atoms with Crippen LogP contribution in [-0.2, 0) is 0 Å². The number of fused-ring (bicyclic) bond motifs is 6. The molecule has 56 heavy (non-hydrogen) atoms. The zero-order valence-electron chi connectivity index (χ0n) is 30.1. The summed E-state index contributed by atoms with van der Waals surface area (Å²) in [6.45, 7) is 0. The van der Waals surface area contributed by atoms with Crippen molar-refractivity contribution in [2.24, 2.45) is 0 Å². The van der Waals surface area contributed by atoms with Crippen molar-refractivity contribution in [2.75, 3.05) is 0 Å². The first-order chi connectivity index (χ1) is 27.8. The van der Waals surface area contributed by atoms with E-state index < -0.39 is 0 Å². The van der Waals surface area contributed by atoms with Crippen LogP contribution in [0.5, 0.6) is 0 Å². The second kappa shape index (κ2) is 13.3. The molecule has 11 rings (SSSR count). The predicted octanol–water partition coefficient (Wildman–Crippen LogP) is 14.1. The average Bonchev–Trinajstić information content (AvgIpc) is 3.86. The Morgan fingerprint density at radius 1 is 0.357 bits per heavy atom. The lowest BCUT2D eigenvalue weighted by Gasteiger charge is -2.12. The summed E-state index contributed by atoms with van der Waals surface area (Å²) in [5.41, 5.74) is 11.4. The van der Waals surface area contributed by atoms with Crippen LogP contribution in [0.4, 0.5) is 0 Å². The van der Waals surface area contributed by atoms with Gasteiger partial charge in [-0.15, -0.1) is 11.3 Å². The molecule has 3 aromatic heterocycles. The second-order valence-corrected chi connectivity index (χ2v) is 15.0. The Hall–Kier alpha value is -7.21. The molecule has 0 amide bonds. The third-order valence-corrected chi connectivity index (χ3v) is 11.8. The van der Waals surface area contributed by atoms with Gasteiger partial charge in [0.05, 0.1) is 0 Å². The molecule has 3 heterocycles. The van der Waals surface area contributed by atoms with E-state index in [1.165, 1.54) is 36.9 Å². The van der Waals surface area contributed by atoms with Crippen molar-refractivity contribution >= 4 is 53.4 Å². The van der Waals surface area contributed by atoms with E-state index in [4.69, 9.17) is 19.4 Å². The number of para-hydroxylation sites is 1. The summed E-state index contributed by atoms with van der Waals surface area (Å²) in [5, 5.41) is 4.71. The molecule has 262 valence electrons. The molecule has 0 unspecified atom stereocenters. The Morgan fingerprint density at radius 2 is 0.875 bits per heavy atom. The SMILES string of the molecule is c1ccc(-c2nc(-c3ccccc3)nc(-c3cccc(-c4ccc(-c5cccc6c5sc5cccc(-c7ccccc7)c56)c5oc6ccccc6c45)c3)n2)cc1. The number of hydrogen-bond acceptors (Lipinski definition) is 5. The van der Waals surface area contributed by atoms with Gasteiger partial charge < -0.3 is 4.42 Å². The maximum Gasteiger partial charge on any atom is 0.164 e. The number of thiophene rings is 1. The largest absolute Gasteiger partial charge is 0.455 e. The third kappa shape index (κ3) is 5.40. The number of hydrogen-bond donors (Lipinski definition) is 0. The summed E-state index contributed by atoms with van der Waals surface area (Å²) in [4.78, 5) is 15.0. The fourth-order valence-electron chi connectivity index (χ4n) is 7.96. The van der Waals surface area contributed by atoms with E-state index in [0.717, 1.165) is 55.3 Å². The Bertz CT molecular complexity index is 3180. The molecule has 0 spiro atoms. The van der Waals surface area contributed by atoms with Crippen LogP contribution in [-0.4, -0.2) is 15.0 Å². The van der Waals surface area contributed by atoms with Gasteiger partial charge >= 0.3 is 0 Å². The summed E-state index contributed by atoms with van der Waals surface area (Å²) in [5.74, 6) is 1.90. The van der Waals surface area contributed by atoms with Crippen molar-refractivity contribution in [1.29, 1.82) is 0 Å². The Balaban J connectivity index is 1.10. The van der Waals surface area contributed by atoms with Crippen LogP contribution in [0.1, 0.15) is 0 Å². The van der Waals surface area contributed by atoms with E-state index >= 15 is 0 Å². The van der Waals surface area contributed by atoms with Gasteiger partial charge in [-0.25, -0.2) is 15.0 Å². The van der Waals surface area contributed by atoms with Crippen LogP contribution in [0.3, 0.4) is 0 Å². The average molecular weight is 734 g/mol. The van der Waals surface area contributed by atoms with Gasteiger partial charge in [0.2, 0.25) is 0 Å². The molecule has 0 aliphatic rings. The molecule has 11 aromatic rings. The number of aromatic nitrogens is 3. The smallest absolute Gasteiger partial charge is 0.164 e. The highest BCUT2D eigenvalue weighted by molar-refractivity contribution is 7.26. The van der Waals surface area contributed by atoms with Crippen LogP contribution < -0.4 is 0 Å². The Morgan fingerprint density at radius 3 is 1.61 bits per heavy atom. The van der Waals surface area contributed by atoms with E-state index in [2.05, 4.69) is 121 Å². The maximum atomic E-state index is 6.83. The van der Waals surface area contributed by atoms with E-state index in [9.17, 15) is 0 Å². The third-order valence-electron chi connectivity index (χ3n) is 10.6. The molecular formula is C51H31N3OS. The molecule has 0 atom stereocenters. The van der Waals surface area contributed by atoms with Gasteiger partial charge in [-0.05, 0) is 46.5 Å². The highest BCUT2D eigenvalue weighted by Crippen LogP contribution is 2.47. The first kappa shape index (κ1) is 32.2. The molecule has 0 bridgehead atoms. The number of rotatable bonds is 6. The highest BCUT2D eigenvalue weighted by atomic mass is 32.1. The lowest BCUT2D eigenvalue weighted by atomic mass is 9.93. The van der Waals surface area contributed by atoms with Gasteiger partial charge in [0.1, 0.15) is 11.2 Å². The van der Waals surface area contributed by atoms with Crippen LogP contribution in [0.25, 0.3) is 110 Å². The van der Waals surface area contributed by atoms with Crippen molar-refractivity contribution in [1.82, 2.24) is 15.0 Å². The second-order valence-electron chi connectivity index (χ2n) is 13.9. The summed E-state index contributed by atoms with van der Waals surface area (Å²) < 4.78 is 9.35. The summed E-state index contributed by atoms with van der Waals surface area (Å²) >= 11 is 1.85. The quantitative estimate of drug-likeness (QED) is 0.171. The lowest BCUT2D eigenvalue weighted by Crippen LogP contribution is -2.00. The van der Waals surface area contributed by atoms with Gasteiger partial charge in [0.15, 0.2) is 17.5 Å². The molecule has 0 saturated carbocycles. The zero-order chi connectivity index (χ0) is 37.0. The van der Waals surface area contributed by atoms with Crippen LogP contribution in [0.2, 0.25) is 0 Å². The molecular weight excluding hydrogens is 703 g/mol. The number of nitrogens with zero attached hydrogens (tertiary/aromatic N) is 3. The minimum atomic E-state index is 0.621. The van der Waals surface area contributed by atoms with Gasteiger partial charge in [-0.1, -0.05) is 164 Å². The van der Waals surface area contributed by atoms with E-state index in [-0.39, 0.29) is 0 Å². The Labute approximate surface area is 327 Å². The normalized spacial score (nSPS) is 11.6. The van der Waals surface area contributed by atoms with Crippen molar-refractivity contribution in [3.63, 3.8) is 0 Å². The zero-order valence-corrected chi connectivity index (χ0v) is 30.9. The van der Waals surface area contributed by atoms with E-state index in [1.807, 2.05) is 78.1 Å². The summed E-state index contributed by atoms with van der Waals surface area (Å²) in [6.07, 6.45) is 0. The summed E-state index contributed by atoms with van der Waals surface area (Å²) in [7, 11) is 0. The molecule has 0 saturated heterocycles. The van der Waals surface area contributed by atoms with Crippen molar-refractivity contribution in [2.45, 2.75) is 0 Å². The molecule has 0 fully saturated rings. The molecule has 0 aliphatic carbocycles. The summed E-state index contributed by atoms with van der Waals surface area (Å²) in [6, 6.07) is 65.5. The van der Waals surface area contributed by atoms with Crippen molar-refractivity contribution in [3.05, 3.63) is 188 Å². The minimum absolute atomic E-state index is 0.621. The van der Waals surface area contributed by atoms with Gasteiger partial charge in [-0.2, -0.15) is 0 Å². The van der Waals surface area contributed by atoms with Gasteiger partial charge in [-0.3, -0.25) is 0 Å². The van der Waals surface area contributed by atoms with Crippen molar-refractivity contribution < 1.29 is 4.42 Å². The maximum absolute atomic E-state index is 6.83. The van der Waals surface area contributed by atoms with Crippen LogP contribution >= 0.6 is 11.3 Å². The predicted molar refractivity (Wildman–Crippen MR) is 233 cm³/mol. The first-order valence-corrected chi connectivity index (χ1v) is 19.5. The lowest BCUT2D eigenvalue weighted by molar-refractivity contribution is 0.670. The molecule has 0 N–H and O–H groups in total. The van der Waals surface area contributed by atoms with Crippen molar-refractivity contribution in [3.8, 4) is 67.5 Å². The molecule has 0 aliphatic heterocycles. The monoisotopic (exact) mass is 733 g/mol. The molecule has 0 radical (unpaired) electrons. The fourth-order valence-corrected chi connectivity index (χ4v) is 9.22. The van der Waals surface area contributed by atoms with Crippen LogP contribution in [0.15, 0.2) is 192 Å². The number of furan rings is 1. The van der Waals surface area contributed by atoms with Gasteiger partial charge in [0, 0.05) is 58.8 Å². The van der Waals surface area contributed by atoms with E-state index in [1.54, 1.807) is 0 Å². The molecule has 8 aromatic carbocycles. The number of benzene rings is 8. The van der Waals surface area contributed by atoms with Gasteiger partial charge in [0.25, 0.3) is 0 Å². The fraction of sp³-hybridized carbons (Fsp3) is 0. The van der Waals surface area contributed by atoms with Crippen LogP contribution in [0, 0.1) is 0 Å². The molecule has 4 nitrogen and oxygen atoms in total. The first-order valence-electron chi connectivity index (χ1n) is 18.7. The standard InChI is InChI=1S/C51H31N3OS/c1-4-15-32(16-5-1)37-24-14-28-44-45(37)42-26-13-25-40(48(42)56-44)39-30-29-38(46-41-23-10-11-27-43(41)55-47(39)46)35-21-12-22-36(31-35)51-53-49(33-17-6-2-7-18-33)52-50(54-51)34-19-8-3-9-20-34/h1-31H. The highest BCUT2D eigenvalue weighted by Gasteiger charge is 2.21. The molecule has 5 heteroatoms.